The molecule has 7 nitrogen and oxygen atoms in total. The molecule has 0 spiro atoms. The molecule has 2 aromatic heterocycles. The third-order valence-electron chi connectivity index (χ3n) is 3.78. The molecule has 0 aliphatic heterocycles. The summed E-state index contributed by atoms with van der Waals surface area (Å²) in [6, 6.07) is 5.17. The first-order valence-electron chi connectivity index (χ1n) is 7.36. The Hall–Kier alpha value is -3.21. The molecule has 0 aliphatic carbocycles. The highest BCUT2D eigenvalue weighted by Gasteiger charge is 2.31. The first-order chi connectivity index (χ1) is 12.6. The number of aromatic nitrogens is 3. The summed E-state index contributed by atoms with van der Waals surface area (Å²) < 4.78 is 40.0. The second-order valence-corrected chi connectivity index (χ2v) is 6.51. The van der Waals surface area contributed by atoms with E-state index in [4.69, 9.17) is 5.73 Å². The maximum absolute atomic E-state index is 13.0. The van der Waals surface area contributed by atoms with Crippen LogP contribution in [0.5, 0.6) is 0 Å². The Morgan fingerprint density at radius 1 is 1.26 bits per heavy atom. The SMILES string of the molecule is Cc1c(-c2nnc(N)s2)cc(C(=O)O)c(=O)n1-c1cccc(C(F)(F)F)c1. The second-order valence-electron chi connectivity index (χ2n) is 5.50. The van der Waals surface area contributed by atoms with Crippen molar-refractivity contribution in [3.63, 3.8) is 0 Å². The van der Waals surface area contributed by atoms with Crippen LogP contribution in [0.3, 0.4) is 0 Å². The van der Waals surface area contributed by atoms with Gasteiger partial charge in [0.15, 0.2) is 5.01 Å². The van der Waals surface area contributed by atoms with E-state index in [9.17, 15) is 27.9 Å². The topological polar surface area (TPSA) is 111 Å². The zero-order chi connectivity index (χ0) is 19.9. The number of carboxylic acids is 1. The Kier molecular flexibility index (Phi) is 4.47. The Balaban J connectivity index is 2.34. The first kappa shape index (κ1) is 18.6. The Morgan fingerprint density at radius 3 is 2.52 bits per heavy atom. The Labute approximate surface area is 153 Å². The quantitative estimate of drug-likeness (QED) is 0.704. The van der Waals surface area contributed by atoms with Crippen molar-refractivity contribution in [2.24, 2.45) is 0 Å². The average Bonchev–Trinajstić information content (AvgIpc) is 3.00. The van der Waals surface area contributed by atoms with E-state index in [1.54, 1.807) is 0 Å². The monoisotopic (exact) mass is 396 g/mol. The lowest BCUT2D eigenvalue weighted by atomic mass is 10.1. The average molecular weight is 396 g/mol. The third kappa shape index (κ3) is 3.40. The number of rotatable bonds is 3. The van der Waals surface area contributed by atoms with E-state index >= 15 is 0 Å². The Morgan fingerprint density at radius 2 is 1.96 bits per heavy atom. The normalized spacial score (nSPS) is 11.6. The zero-order valence-electron chi connectivity index (χ0n) is 13.6. The molecule has 3 N–H and O–H groups in total. The van der Waals surface area contributed by atoms with Gasteiger partial charge in [0, 0.05) is 16.9 Å². The molecule has 0 radical (unpaired) electrons. The molecule has 0 atom stereocenters. The first-order valence-corrected chi connectivity index (χ1v) is 8.18. The summed E-state index contributed by atoms with van der Waals surface area (Å²) in [6.07, 6.45) is -4.62. The van der Waals surface area contributed by atoms with Gasteiger partial charge in [-0.1, -0.05) is 17.4 Å². The number of pyridine rings is 1. The van der Waals surface area contributed by atoms with E-state index in [0.29, 0.717) is 0 Å². The number of carboxylic acid groups (broad SMARTS) is 1. The molecule has 0 fully saturated rings. The van der Waals surface area contributed by atoms with Gasteiger partial charge in [0.05, 0.1) is 5.56 Å². The predicted molar refractivity (Wildman–Crippen MR) is 92.1 cm³/mol. The fourth-order valence-electron chi connectivity index (χ4n) is 2.55. The molecule has 11 heteroatoms. The lowest BCUT2D eigenvalue weighted by molar-refractivity contribution is -0.137. The van der Waals surface area contributed by atoms with Gasteiger partial charge in [-0.05, 0) is 31.2 Å². The maximum Gasteiger partial charge on any atom is 0.416 e. The van der Waals surface area contributed by atoms with E-state index < -0.39 is 28.8 Å². The molecule has 3 aromatic rings. The maximum atomic E-state index is 13.0. The van der Waals surface area contributed by atoms with Gasteiger partial charge in [-0.2, -0.15) is 13.2 Å². The molecule has 0 saturated carbocycles. The number of nitrogen functional groups attached to an aromatic ring is 1. The van der Waals surface area contributed by atoms with Gasteiger partial charge in [-0.25, -0.2) is 4.79 Å². The minimum absolute atomic E-state index is 0.117. The smallest absolute Gasteiger partial charge is 0.416 e. The van der Waals surface area contributed by atoms with Crippen molar-refractivity contribution in [1.82, 2.24) is 14.8 Å². The lowest BCUT2D eigenvalue weighted by Crippen LogP contribution is -2.27. The summed E-state index contributed by atoms with van der Waals surface area (Å²) in [5.41, 5.74) is 3.34. The molecule has 0 bridgehead atoms. The largest absolute Gasteiger partial charge is 0.477 e. The van der Waals surface area contributed by atoms with Crippen LogP contribution in [0.15, 0.2) is 35.1 Å². The fraction of sp³-hybridized carbons (Fsp3) is 0.125. The number of anilines is 1. The van der Waals surface area contributed by atoms with Gasteiger partial charge in [0.25, 0.3) is 5.56 Å². The van der Waals surface area contributed by atoms with Crippen molar-refractivity contribution >= 4 is 22.4 Å². The molecule has 140 valence electrons. The number of benzene rings is 1. The highest BCUT2D eigenvalue weighted by atomic mass is 32.1. The number of hydrogen-bond acceptors (Lipinski definition) is 6. The van der Waals surface area contributed by atoms with Crippen LogP contribution in [0.2, 0.25) is 0 Å². The van der Waals surface area contributed by atoms with Gasteiger partial charge in [0.2, 0.25) is 5.13 Å². The summed E-state index contributed by atoms with van der Waals surface area (Å²) in [7, 11) is 0. The van der Waals surface area contributed by atoms with Gasteiger partial charge in [-0.3, -0.25) is 9.36 Å². The van der Waals surface area contributed by atoms with Crippen LogP contribution in [0.25, 0.3) is 16.3 Å². The zero-order valence-corrected chi connectivity index (χ0v) is 14.4. The van der Waals surface area contributed by atoms with Gasteiger partial charge < -0.3 is 10.8 Å². The third-order valence-corrected chi connectivity index (χ3v) is 4.57. The van der Waals surface area contributed by atoms with Crippen molar-refractivity contribution < 1.29 is 23.1 Å². The number of nitrogens with zero attached hydrogens (tertiary/aromatic N) is 3. The molecule has 0 unspecified atom stereocenters. The van der Waals surface area contributed by atoms with Crippen molar-refractivity contribution in [3.8, 4) is 16.3 Å². The van der Waals surface area contributed by atoms with E-state index in [1.807, 2.05) is 0 Å². The molecular weight excluding hydrogens is 385 g/mol. The fourth-order valence-corrected chi connectivity index (χ4v) is 3.23. The molecule has 0 saturated heterocycles. The minimum atomic E-state index is -4.62. The van der Waals surface area contributed by atoms with Crippen molar-refractivity contribution in [2.45, 2.75) is 13.1 Å². The van der Waals surface area contributed by atoms with Crippen molar-refractivity contribution in [2.75, 3.05) is 5.73 Å². The molecule has 0 amide bonds. The van der Waals surface area contributed by atoms with Crippen LogP contribution in [0.1, 0.15) is 21.6 Å². The summed E-state index contributed by atoms with van der Waals surface area (Å²) in [6.45, 7) is 1.47. The number of nitrogens with two attached hydrogens (primary N) is 1. The number of hydrogen-bond donors (Lipinski definition) is 2. The predicted octanol–water partition coefficient (Wildman–Crippen LogP) is 2.96. The van der Waals surface area contributed by atoms with E-state index in [1.165, 1.54) is 13.0 Å². The second kappa shape index (κ2) is 6.50. The van der Waals surface area contributed by atoms with Crippen LogP contribution in [-0.4, -0.2) is 25.8 Å². The number of carbonyl (C=O) groups is 1. The van der Waals surface area contributed by atoms with Crippen LogP contribution in [0.4, 0.5) is 18.3 Å². The van der Waals surface area contributed by atoms with E-state index in [-0.39, 0.29) is 27.1 Å². The van der Waals surface area contributed by atoms with Crippen LogP contribution < -0.4 is 11.3 Å². The molecule has 3 rings (SSSR count). The molecule has 27 heavy (non-hydrogen) atoms. The number of aromatic carboxylic acids is 1. The van der Waals surface area contributed by atoms with E-state index in [2.05, 4.69) is 10.2 Å². The number of halogens is 3. The van der Waals surface area contributed by atoms with Crippen molar-refractivity contribution in [1.29, 1.82) is 0 Å². The highest BCUT2D eigenvalue weighted by molar-refractivity contribution is 7.18. The lowest BCUT2D eigenvalue weighted by Gasteiger charge is -2.16. The molecular formula is C16H11F3N4O3S. The minimum Gasteiger partial charge on any atom is -0.477 e. The summed E-state index contributed by atoms with van der Waals surface area (Å²) in [5, 5.41) is 17.2. The van der Waals surface area contributed by atoms with Gasteiger partial charge >= 0.3 is 12.1 Å². The van der Waals surface area contributed by atoms with Crippen LogP contribution in [-0.2, 0) is 6.18 Å². The molecule has 0 aliphatic rings. The van der Waals surface area contributed by atoms with Crippen molar-refractivity contribution in [3.05, 3.63) is 57.5 Å². The summed E-state index contributed by atoms with van der Waals surface area (Å²) in [4.78, 5) is 24.1. The summed E-state index contributed by atoms with van der Waals surface area (Å²) >= 11 is 0.960. The van der Waals surface area contributed by atoms with Gasteiger partial charge in [0.1, 0.15) is 5.56 Å². The van der Waals surface area contributed by atoms with Crippen LogP contribution in [0, 0.1) is 6.92 Å². The number of alkyl halides is 3. The summed E-state index contributed by atoms with van der Waals surface area (Å²) in [5.74, 6) is -1.51. The highest BCUT2D eigenvalue weighted by Crippen LogP contribution is 2.32. The molecule has 1 aromatic carbocycles. The van der Waals surface area contributed by atoms with Crippen LogP contribution >= 0.6 is 11.3 Å². The van der Waals surface area contributed by atoms with Gasteiger partial charge in [-0.15, -0.1) is 10.2 Å². The standard InChI is InChI=1S/C16H11F3N4O3S/c1-7-10(12-21-22-15(20)27-12)6-11(14(25)26)13(24)23(7)9-4-2-3-8(5-9)16(17,18)19/h2-6H,1H3,(H2,20,22)(H,25,26). The molecule has 2 heterocycles. The Bertz CT molecular complexity index is 1110. The van der Waals surface area contributed by atoms with E-state index in [0.717, 1.165) is 40.2 Å².